The predicted molar refractivity (Wildman–Crippen MR) is 54.7 cm³/mol. The molecule has 0 aliphatic carbocycles. The lowest BCUT2D eigenvalue weighted by molar-refractivity contribution is -0.159. The molecule has 0 heterocycles. The van der Waals surface area contributed by atoms with Gasteiger partial charge in [0.2, 0.25) is 0 Å². The Morgan fingerprint density at radius 1 is 1.40 bits per heavy atom. The van der Waals surface area contributed by atoms with Crippen LogP contribution in [0.3, 0.4) is 0 Å². The molecule has 0 saturated heterocycles. The molecule has 86 valence electrons. The Hall–Kier alpha value is -1.59. The van der Waals surface area contributed by atoms with E-state index in [4.69, 9.17) is 15.9 Å². The van der Waals surface area contributed by atoms with Crippen molar-refractivity contribution in [1.82, 2.24) is 0 Å². The Morgan fingerprint density at radius 3 is 2.13 bits per heavy atom. The summed E-state index contributed by atoms with van der Waals surface area (Å²) >= 11 is 0. The normalized spacial score (nSPS) is 14.7. The largest absolute Gasteiger partial charge is 0.481 e. The monoisotopic (exact) mass is 216 g/mol. The fraction of sp³-hybridized carbons (Fsp3) is 0.667. The lowest BCUT2D eigenvalue weighted by Crippen LogP contribution is -2.39. The van der Waals surface area contributed by atoms with E-state index in [2.05, 4.69) is 4.99 Å². The lowest BCUT2D eigenvalue weighted by atomic mass is 9.79. The molecule has 1 atom stereocenters. The van der Waals surface area contributed by atoms with Crippen molar-refractivity contribution in [3.05, 3.63) is 0 Å². The standard InChI is InChI=1S/C9H16N2O4/c1-5(10)11-4-6(7(12)13)9(2,3)8(14)15/h6H,4H2,1-3H3,(H2,10,11)(H,12,13)(H,14,15). The van der Waals surface area contributed by atoms with E-state index in [0.717, 1.165) is 0 Å². The summed E-state index contributed by atoms with van der Waals surface area (Å²) in [4.78, 5) is 25.5. The minimum atomic E-state index is -1.37. The van der Waals surface area contributed by atoms with E-state index >= 15 is 0 Å². The minimum absolute atomic E-state index is 0.128. The van der Waals surface area contributed by atoms with Crippen molar-refractivity contribution < 1.29 is 19.8 Å². The van der Waals surface area contributed by atoms with Gasteiger partial charge in [0.1, 0.15) is 0 Å². The summed E-state index contributed by atoms with van der Waals surface area (Å²) in [5, 5.41) is 17.8. The summed E-state index contributed by atoms with van der Waals surface area (Å²) < 4.78 is 0. The quantitative estimate of drug-likeness (QED) is 0.448. The number of hydrogen-bond donors (Lipinski definition) is 3. The zero-order valence-corrected chi connectivity index (χ0v) is 9.02. The van der Waals surface area contributed by atoms with Gasteiger partial charge in [-0.05, 0) is 20.8 Å². The maximum atomic E-state index is 10.9. The van der Waals surface area contributed by atoms with Gasteiger partial charge in [0, 0.05) is 0 Å². The second kappa shape index (κ2) is 4.77. The van der Waals surface area contributed by atoms with E-state index in [1.165, 1.54) is 20.8 Å². The van der Waals surface area contributed by atoms with Gasteiger partial charge in [-0.2, -0.15) is 0 Å². The molecule has 1 unspecified atom stereocenters. The van der Waals surface area contributed by atoms with Crippen molar-refractivity contribution in [3.63, 3.8) is 0 Å². The van der Waals surface area contributed by atoms with Crippen LogP contribution in [0.5, 0.6) is 0 Å². The first-order valence-corrected chi connectivity index (χ1v) is 4.42. The van der Waals surface area contributed by atoms with E-state index in [1.807, 2.05) is 0 Å². The number of aliphatic carboxylic acids is 2. The second-order valence-electron chi connectivity index (χ2n) is 3.90. The molecule has 4 N–H and O–H groups in total. The van der Waals surface area contributed by atoms with E-state index in [-0.39, 0.29) is 12.4 Å². The summed E-state index contributed by atoms with van der Waals surface area (Å²) in [6, 6.07) is 0. The number of aliphatic imine (C=N–C) groups is 1. The van der Waals surface area contributed by atoms with Crippen LogP contribution < -0.4 is 5.73 Å². The molecule has 0 amide bonds. The average molecular weight is 216 g/mol. The van der Waals surface area contributed by atoms with Crippen molar-refractivity contribution in [2.24, 2.45) is 22.1 Å². The Kier molecular flexibility index (Phi) is 4.26. The zero-order chi connectivity index (χ0) is 12.2. The van der Waals surface area contributed by atoms with Crippen LogP contribution in [0.25, 0.3) is 0 Å². The molecule has 0 aromatic heterocycles. The Balaban J connectivity index is 4.90. The summed E-state index contributed by atoms with van der Waals surface area (Å²) in [5.74, 6) is -3.21. The average Bonchev–Trinajstić information content (AvgIpc) is 2.01. The van der Waals surface area contributed by atoms with Gasteiger partial charge in [-0.1, -0.05) is 0 Å². The van der Waals surface area contributed by atoms with Gasteiger partial charge in [0.15, 0.2) is 0 Å². The number of carboxylic acid groups (broad SMARTS) is 2. The molecule has 0 bridgehead atoms. The molecule has 6 heteroatoms. The number of carbonyl (C=O) groups is 2. The van der Waals surface area contributed by atoms with Gasteiger partial charge in [-0.15, -0.1) is 0 Å². The molecule has 0 rings (SSSR count). The van der Waals surface area contributed by atoms with Gasteiger partial charge in [0.25, 0.3) is 0 Å². The van der Waals surface area contributed by atoms with E-state index in [1.54, 1.807) is 0 Å². The van der Waals surface area contributed by atoms with Crippen molar-refractivity contribution in [3.8, 4) is 0 Å². The van der Waals surface area contributed by atoms with Crippen molar-refractivity contribution in [2.45, 2.75) is 20.8 Å². The number of nitrogens with zero attached hydrogens (tertiary/aromatic N) is 1. The first kappa shape index (κ1) is 13.4. The number of carboxylic acids is 2. The van der Waals surface area contributed by atoms with E-state index in [0.29, 0.717) is 0 Å². The molecule has 0 aliphatic rings. The molecule has 0 fully saturated rings. The Labute approximate surface area is 87.8 Å². The van der Waals surface area contributed by atoms with Gasteiger partial charge in [0.05, 0.1) is 23.7 Å². The summed E-state index contributed by atoms with van der Waals surface area (Å²) in [7, 11) is 0. The summed E-state index contributed by atoms with van der Waals surface area (Å²) in [6.45, 7) is 4.11. The van der Waals surface area contributed by atoms with Crippen molar-refractivity contribution in [2.75, 3.05) is 6.54 Å². The third kappa shape index (κ3) is 3.57. The molecule has 0 aromatic carbocycles. The zero-order valence-electron chi connectivity index (χ0n) is 9.02. The van der Waals surface area contributed by atoms with Crippen LogP contribution >= 0.6 is 0 Å². The van der Waals surface area contributed by atoms with Crippen LogP contribution in [0.4, 0.5) is 0 Å². The third-order valence-electron chi connectivity index (χ3n) is 2.24. The maximum Gasteiger partial charge on any atom is 0.310 e. The lowest BCUT2D eigenvalue weighted by Gasteiger charge is -2.25. The van der Waals surface area contributed by atoms with Crippen molar-refractivity contribution >= 4 is 17.8 Å². The molecule has 15 heavy (non-hydrogen) atoms. The van der Waals surface area contributed by atoms with Crippen LogP contribution in [0.1, 0.15) is 20.8 Å². The third-order valence-corrected chi connectivity index (χ3v) is 2.24. The van der Waals surface area contributed by atoms with Crippen LogP contribution in [-0.4, -0.2) is 34.5 Å². The van der Waals surface area contributed by atoms with E-state index in [9.17, 15) is 9.59 Å². The van der Waals surface area contributed by atoms with Crippen LogP contribution in [0, 0.1) is 11.3 Å². The van der Waals surface area contributed by atoms with Gasteiger partial charge in [-0.3, -0.25) is 14.6 Å². The molecule has 0 radical (unpaired) electrons. The predicted octanol–water partition coefficient (Wildman–Crippen LogP) is 0.175. The molecule has 0 aliphatic heterocycles. The smallest absolute Gasteiger partial charge is 0.310 e. The number of hydrogen-bond acceptors (Lipinski definition) is 3. The topological polar surface area (TPSA) is 113 Å². The Bertz CT molecular complexity index is 292. The SMILES string of the molecule is CC(N)=NCC(C(=O)O)C(C)(C)C(=O)O. The highest BCUT2D eigenvalue weighted by Crippen LogP contribution is 2.27. The molecular formula is C9H16N2O4. The maximum absolute atomic E-state index is 10.9. The fourth-order valence-electron chi connectivity index (χ4n) is 0.999. The molecule has 6 nitrogen and oxygen atoms in total. The molecule has 0 spiro atoms. The van der Waals surface area contributed by atoms with Gasteiger partial charge < -0.3 is 15.9 Å². The van der Waals surface area contributed by atoms with Crippen molar-refractivity contribution in [1.29, 1.82) is 0 Å². The molecular weight excluding hydrogens is 200 g/mol. The molecule has 0 aromatic rings. The Morgan fingerprint density at radius 2 is 1.87 bits per heavy atom. The number of amidine groups is 1. The van der Waals surface area contributed by atoms with Crippen LogP contribution in [0.15, 0.2) is 4.99 Å². The number of rotatable bonds is 5. The first-order valence-electron chi connectivity index (χ1n) is 4.42. The fourth-order valence-corrected chi connectivity index (χ4v) is 0.999. The van der Waals surface area contributed by atoms with Gasteiger partial charge in [-0.25, -0.2) is 0 Å². The summed E-state index contributed by atoms with van der Waals surface area (Å²) in [5.41, 5.74) is 3.90. The second-order valence-corrected chi connectivity index (χ2v) is 3.90. The van der Waals surface area contributed by atoms with E-state index < -0.39 is 23.3 Å². The van der Waals surface area contributed by atoms with Gasteiger partial charge >= 0.3 is 11.9 Å². The molecule has 0 saturated carbocycles. The van der Waals surface area contributed by atoms with Crippen LogP contribution in [-0.2, 0) is 9.59 Å². The summed E-state index contributed by atoms with van der Waals surface area (Å²) in [6.07, 6.45) is 0. The van der Waals surface area contributed by atoms with Crippen LogP contribution in [0.2, 0.25) is 0 Å². The first-order chi connectivity index (χ1) is 6.69. The minimum Gasteiger partial charge on any atom is -0.481 e. The number of nitrogens with two attached hydrogens (primary N) is 1. The highest BCUT2D eigenvalue weighted by Gasteiger charge is 2.41. The highest BCUT2D eigenvalue weighted by atomic mass is 16.4. The highest BCUT2D eigenvalue weighted by molar-refractivity contribution is 5.83.